The van der Waals surface area contributed by atoms with Gasteiger partial charge in [0, 0.05) is 20.2 Å². The molecule has 0 radical (unpaired) electrons. The van der Waals surface area contributed by atoms with E-state index in [0.717, 1.165) is 18.9 Å². The van der Waals surface area contributed by atoms with E-state index in [1.807, 2.05) is 0 Å². The first kappa shape index (κ1) is 17.9. The standard InChI is InChI=1S/C16H33NO3/c1-12(2)15-6-5-13(3)9-16(15)20-11-14(18)10-17-7-8-19-4/h12-18H,5-11H2,1-4H3. The second-order valence-corrected chi connectivity index (χ2v) is 6.55. The first-order chi connectivity index (χ1) is 9.54. The maximum atomic E-state index is 9.94. The first-order valence-electron chi connectivity index (χ1n) is 8.03. The highest BCUT2D eigenvalue weighted by Crippen LogP contribution is 2.35. The molecule has 0 heterocycles. The van der Waals surface area contributed by atoms with E-state index in [0.29, 0.717) is 37.7 Å². The molecule has 4 heteroatoms. The molecule has 2 N–H and O–H groups in total. The van der Waals surface area contributed by atoms with Crippen LogP contribution < -0.4 is 5.32 Å². The molecule has 0 bridgehead atoms. The number of aliphatic hydroxyl groups excluding tert-OH is 1. The van der Waals surface area contributed by atoms with Gasteiger partial charge in [-0.05, 0) is 30.6 Å². The molecule has 4 nitrogen and oxygen atoms in total. The first-order valence-corrected chi connectivity index (χ1v) is 8.03. The molecule has 0 spiro atoms. The molecule has 4 unspecified atom stereocenters. The maximum Gasteiger partial charge on any atom is 0.0897 e. The Kier molecular flexibility index (Phi) is 8.69. The van der Waals surface area contributed by atoms with Crippen LogP contribution >= 0.6 is 0 Å². The van der Waals surface area contributed by atoms with Crippen molar-refractivity contribution in [3.63, 3.8) is 0 Å². The van der Waals surface area contributed by atoms with Crippen LogP contribution in [0, 0.1) is 17.8 Å². The molecule has 0 amide bonds. The lowest BCUT2D eigenvalue weighted by Gasteiger charge is -2.37. The summed E-state index contributed by atoms with van der Waals surface area (Å²) in [6.07, 6.45) is 3.58. The third-order valence-electron chi connectivity index (χ3n) is 4.33. The lowest BCUT2D eigenvalue weighted by Crippen LogP contribution is -2.38. The largest absolute Gasteiger partial charge is 0.389 e. The van der Waals surface area contributed by atoms with Crippen molar-refractivity contribution in [3.05, 3.63) is 0 Å². The SMILES string of the molecule is COCCNCC(O)COC1CC(C)CCC1C(C)C. The Morgan fingerprint density at radius 2 is 2.05 bits per heavy atom. The normalized spacial score (nSPS) is 28.8. The number of rotatable bonds is 9. The molecule has 1 rings (SSSR count). The minimum Gasteiger partial charge on any atom is -0.389 e. The highest BCUT2D eigenvalue weighted by Gasteiger charge is 2.31. The molecule has 0 saturated heterocycles. The Bertz CT molecular complexity index is 248. The molecular formula is C16H33NO3. The van der Waals surface area contributed by atoms with Crippen molar-refractivity contribution in [1.82, 2.24) is 5.32 Å². The number of hydrogen-bond acceptors (Lipinski definition) is 4. The van der Waals surface area contributed by atoms with Gasteiger partial charge in [-0.2, -0.15) is 0 Å². The minimum atomic E-state index is -0.433. The zero-order chi connectivity index (χ0) is 15.0. The molecule has 0 aromatic carbocycles. The van der Waals surface area contributed by atoms with Gasteiger partial charge in [0.05, 0.1) is 25.4 Å². The monoisotopic (exact) mass is 287 g/mol. The van der Waals surface area contributed by atoms with Gasteiger partial charge >= 0.3 is 0 Å². The van der Waals surface area contributed by atoms with Gasteiger partial charge in [-0.3, -0.25) is 0 Å². The highest BCUT2D eigenvalue weighted by atomic mass is 16.5. The van der Waals surface area contributed by atoms with Crippen molar-refractivity contribution < 1.29 is 14.6 Å². The van der Waals surface area contributed by atoms with E-state index in [-0.39, 0.29) is 0 Å². The number of methoxy groups -OCH3 is 1. The zero-order valence-corrected chi connectivity index (χ0v) is 13.6. The van der Waals surface area contributed by atoms with Crippen molar-refractivity contribution >= 4 is 0 Å². The van der Waals surface area contributed by atoms with Gasteiger partial charge in [0.2, 0.25) is 0 Å². The molecule has 0 aromatic heterocycles. The van der Waals surface area contributed by atoms with Crippen LogP contribution in [0.25, 0.3) is 0 Å². The average Bonchev–Trinajstić information content (AvgIpc) is 2.41. The summed E-state index contributed by atoms with van der Waals surface area (Å²) in [5, 5.41) is 13.1. The summed E-state index contributed by atoms with van der Waals surface area (Å²) in [5.74, 6) is 2.04. The van der Waals surface area contributed by atoms with E-state index in [1.54, 1.807) is 7.11 Å². The summed E-state index contributed by atoms with van der Waals surface area (Å²) in [4.78, 5) is 0. The maximum absolute atomic E-state index is 9.94. The van der Waals surface area contributed by atoms with E-state index in [2.05, 4.69) is 26.1 Å². The van der Waals surface area contributed by atoms with Crippen LogP contribution in [0.15, 0.2) is 0 Å². The molecular weight excluding hydrogens is 254 g/mol. The highest BCUT2D eigenvalue weighted by molar-refractivity contribution is 4.81. The minimum absolute atomic E-state index is 0.312. The summed E-state index contributed by atoms with van der Waals surface area (Å²) in [5.41, 5.74) is 0. The van der Waals surface area contributed by atoms with E-state index >= 15 is 0 Å². The zero-order valence-electron chi connectivity index (χ0n) is 13.6. The summed E-state index contributed by atoms with van der Waals surface area (Å²) in [7, 11) is 1.68. The fraction of sp³-hybridized carbons (Fsp3) is 1.00. The van der Waals surface area contributed by atoms with Gasteiger partial charge in [-0.1, -0.05) is 27.2 Å². The number of ether oxygens (including phenoxy) is 2. The summed E-state index contributed by atoms with van der Waals surface area (Å²) in [6.45, 7) is 9.29. The van der Waals surface area contributed by atoms with E-state index in [4.69, 9.17) is 9.47 Å². The molecule has 1 aliphatic carbocycles. The molecule has 1 fully saturated rings. The van der Waals surface area contributed by atoms with Gasteiger partial charge in [-0.25, -0.2) is 0 Å². The van der Waals surface area contributed by atoms with Crippen LogP contribution in [0.1, 0.15) is 40.0 Å². The van der Waals surface area contributed by atoms with Gasteiger partial charge in [-0.15, -0.1) is 0 Å². The van der Waals surface area contributed by atoms with Gasteiger partial charge in [0.15, 0.2) is 0 Å². The molecule has 20 heavy (non-hydrogen) atoms. The van der Waals surface area contributed by atoms with Crippen LogP contribution in [0.2, 0.25) is 0 Å². The van der Waals surface area contributed by atoms with Gasteiger partial charge in [0.1, 0.15) is 0 Å². The lowest BCUT2D eigenvalue weighted by atomic mass is 9.75. The molecule has 1 aliphatic rings. The number of aliphatic hydroxyl groups is 1. The van der Waals surface area contributed by atoms with Crippen LogP contribution in [0.4, 0.5) is 0 Å². The number of hydrogen-bond donors (Lipinski definition) is 2. The second-order valence-electron chi connectivity index (χ2n) is 6.55. The third-order valence-corrected chi connectivity index (χ3v) is 4.33. The van der Waals surface area contributed by atoms with Crippen LogP contribution in [0.5, 0.6) is 0 Å². The van der Waals surface area contributed by atoms with Crippen LogP contribution in [-0.4, -0.2) is 50.7 Å². The summed E-state index contributed by atoms with van der Waals surface area (Å²) < 4.78 is 11.0. The van der Waals surface area contributed by atoms with Gasteiger partial charge in [0.25, 0.3) is 0 Å². The predicted molar refractivity (Wildman–Crippen MR) is 81.8 cm³/mol. The molecule has 0 aliphatic heterocycles. The Balaban J connectivity index is 2.26. The van der Waals surface area contributed by atoms with Crippen molar-refractivity contribution in [2.75, 3.05) is 33.4 Å². The molecule has 4 atom stereocenters. The van der Waals surface area contributed by atoms with Crippen molar-refractivity contribution in [2.45, 2.75) is 52.2 Å². The van der Waals surface area contributed by atoms with Crippen LogP contribution in [0.3, 0.4) is 0 Å². The van der Waals surface area contributed by atoms with E-state index in [9.17, 15) is 5.11 Å². The number of nitrogens with one attached hydrogen (secondary N) is 1. The second kappa shape index (κ2) is 9.72. The lowest BCUT2D eigenvalue weighted by molar-refractivity contribution is -0.0683. The Labute approximate surface area is 124 Å². The van der Waals surface area contributed by atoms with Crippen molar-refractivity contribution in [3.8, 4) is 0 Å². The Morgan fingerprint density at radius 3 is 2.70 bits per heavy atom. The topological polar surface area (TPSA) is 50.7 Å². The van der Waals surface area contributed by atoms with E-state index in [1.165, 1.54) is 12.8 Å². The van der Waals surface area contributed by atoms with Gasteiger partial charge < -0.3 is 19.9 Å². The van der Waals surface area contributed by atoms with Crippen LogP contribution in [-0.2, 0) is 9.47 Å². The summed E-state index contributed by atoms with van der Waals surface area (Å²) >= 11 is 0. The molecule has 120 valence electrons. The fourth-order valence-electron chi connectivity index (χ4n) is 3.04. The smallest absolute Gasteiger partial charge is 0.0897 e. The predicted octanol–water partition coefficient (Wildman–Crippen LogP) is 2.06. The van der Waals surface area contributed by atoms with Crippen molar-refractivity contribution in [2.24, 2.45) is 17.8 Å². The average molecular weight is 287 g/mol. The third kappa shape index (κ3) is 6.53. The van der Waals surface area contributed by atoms with E-state index < -0.39 is 6.10 Å². The quantitative estimate of drug-likeness (QED) is 0.637. The Morgan fingerprint density at radius 1 is 1.30 bits per heavy atom. The van der Waals surface area contributed by atoms with Crippen molar-refractivity contribution in [1.29, 1.82) is 0 Å². The Hall–Kier alpha value is -0.160. The molecule has 1 saturated carbocycles. The summed E-state index contributed by atoms with van der Waals surface area (Å²) in [6, 6.07) is 0. The molecule has 0 aromatic rings. The fourth-order valence-corrected chi connectivity index (χ4v) is 3.04.